The summed E-state index contributed by atoms with van der Waals surface area (Å²) in [5, 5.41) is 6.99. The van der Waals surface area contributed by atoms with Gasteiger partial charge in [0, 0.05) is 49.0 Å². The molecule has 0 saturated carbocycles. The summed E-state index contributed by atoms with van der Waals surface area (Å²) in [6.07, 6.45) is 1.55. The van der Waals surface area contributed by atoms with E-state index in [1.165, 1.54) is 71.7 Å². The topological polar surface area (TPSA) is 43.9 Å². The van der Waals surface area contributed by atoms with E-state index in [-0.39, 0.29) is 48.3 Å². The normalized spacial score (nSPS) is 12.0. The van der Waals surface area contributed by atoms with Crippen molar-refractivity contribution in [3.8, 4) is 50.6 Å². The minimum atomic E-state index is -0.649. The number of hydrogen-bond acceptors (Lipinski definition) is 3. The van der Waals surface area contributed by atoms with Crippen LogP contribution in [0.1, 0.15) is 103 Å². The van der Waals surface area contributed by atoms with Gasteiger partial charge in [0.2, 0.25) is 0 Å². The van der Waals surface area contributed by atoms with Gasteiger partial charge in [-0.25, -0.2) is 0 Å². The van der Waals surface area contributed by atoms with Crippen molar-refractivity contribution in [1.29, 1.82) is 0 Å². The maximum absolute atomic E-state index is 13.2. The second-order valence-corrected chi connectivity index (χ2v) is 22.8. The molecule has 0 bridgehead atoms. The molecule has 3 aromatic heterocycles. The van der Waals surface area contributed by atoms with Gasteiger partial charge in [0.1, 0.15) is 5.58 Å². The molecule has 0 aliphatic rings. The van der Waals surface area contributed by atoms with E-state index in [2.05, 4.69) is 224 Å². The van der Waals surface area contributed by atoms with Crippen molar-refractivity contribution in [2.45, 2.75) is 91.9 Å². The fourth-order valence-corrected chi connectivity index (χ4v) is 10.5. The molecule has 4 nitrogen and oxygen atoms in total. The van der Waals surface area contributed by atoms with Gasteiger partial charge in [-0.1, -0.05) is 195 Å². The number of furan rings is 1. The molecule has 9 aromatic carbocycles. The number of benzene rings is 9. The number of aromatic nitrogens is 3. The molecule has 7 heteroatoms. The molecular formula is C70H61F2IrN3O-2. The summed E-state index contributed by atoms with van der Waals surface area (Å²) >= 11 is 0. The van der Waals surface area contributed by atoms with Crippen LogP contribution >= 0.6 is 0 Å². The summed E-state index contributed by atoms with van der Waals surface area (Å²) < 4.78 is 35.1. The molecular weight excluding hydrogens is 1130 g/mol. The van der Waals surface area contributed by atoms with Gasteiger partial charge in [-0.3, -0.25) is 13.8 Å². The van der Waals surface area contributed by atoms with E-state index in [4.69, 9.17) is 9.40 Å². The van der Waals surface area contributed by atoms with Crippen molar-refractivity contribution in [2.75, 3.05) is 0 Å². The zero-order valence-electron chi connectivity index (χ0n) is 45.2. The number of fused-ring (bicyclic) bond motifs is 7. The van der Waals surface area contributed by atoms with Gasteiger partial charge in [-0.15, -0.1) is 30.3 Å². The van der Waals surface area contributed by atoms with Crippen LogP contribution in [-0.4, -0.2) is 14.5 Å². The van der Waals surface area contributed by atoms with Crippen LogP contribution in [0.4, 0.5) is 8.78 Å². The van der Waals surface area contributed by atoms with Crippen molar-refractivity contribution in [3.63, 3.8) is 0 Å². The summed E-state index contributed by atoms with van der Waals surface area (Å²) in [6, 6.07) is 64.5. The van der Waals surface area contributed by atoms with Crippen LogP contribution in [0.25, 0.3) is 105 Å². The van der Waals surface area contributed by atoms with Crippen molar-refractivity contribution in [2.24, 2.45) is 0 Å². The minimum absolute atomic E-state index is 0. The van der Waals surface area contributed by atoms with Gasteiger partial charge in [0.25, 0.3) is 0 Å². The maximum atomic E-state index is 13.2. The number of hydrogen-bond donors (Lipinski definition) is 0. The Kier molecular flexibility index (Phi) is 14.2. The molecule has 0 atom stereocenters. The van der Waals surface area contributed by atoms with Gasteiger partial charge < -0.3 is 14.0 Å². The van der Waals surface area contributed by atoms with Gasteiger partial charge in [-0.05, 0) is 137 Å². The molecule has 3 heterocycles. The Hall–Kier alpha value is -7.57. The second kappa shape index (κ2) is 20.8. The smallest absolute Gasteiger partial charge is 0.121 e. The average molecular weight is 1190 g/mol. The third-order valence-electron chi connectivity index (χ3n) is 14.7. The molecule has 0 aliphatic carbocycles. The van der Waals surface area contributed by atoms with Crippen molar-refractivity contribution in [1.82, 2.24) is 14.5 Å². The standard InChI is InChI=1S/C59H55N2O.C11H6F2N.Ir/c1-35(2)48-31-42(38-24-22-37(23-25-38)41-28-43(58(5,6)7)33-44(29-41)59(8,9)10)32-49(36(3)4)55(48)61-53-21-14-13-20-52(53)60-57(61)47-19-15-18-46-51-30-40-27-26-39-16-11-12-17-45(39)50(40)34-54(51)62-56(46)47;12-8-4-5-9(10(13)7-8)11-3-1-2-6-14-11;/h11-18,20-36H,1-10H3;1-4,6-7H;/q2*-1;. The van der Waals surface area contributed by atoms with Crippen LogP contribution in [0.2, 0.25) is 0 Å². The molecule has 387 valence electrons. The Labute approximate surface area is 464 Å². The first-order valence-electron chi connectivity index (χ1n) is 26.3. The van der Waals surface area contributed by atoms with Crippen LogP contribution in [0.3, 0.4) is 0 Å². The van der Waals surface area contributed by atoms with E-state index in [0.717, 1.165) is 56.5 Å². The van der Waals surface area contributed by atoms with Crippen molar-refractivity contribution in [3.05, 3.63) is 222 Å². The Morgan fingerprint density at radius 3 is 1.81 bits per heavy atom. The van der Waals surface area contributed by atoms with Gasteiger partial charge in [-0.2, -0.15) is 0 Å². The molecule has 77 heavy (non-hydrogen) atoms. The summed E-state index contributed by atoms with van der Waals surface area (Å²) in [5.74, 6) is 0.0181. The number of rotatable bonds is 7. The van der Waals surface area contributed by atoms with Crippen LogP contribution in [0, 0.1) is 23.8 Å². The fraction of sp³-hybridized carbons (Fsp3) is 0.200. The third-order valence-corrected chi connectivity index (χ3v) is 14.7. The quantitative estimate of drug-likeness (QED) is 0.118. The first kappa shape index (κ1) is 52.9. The Bertz CT molecular complexity index is 4100. The molecule has 1 radical (unpaired) electrons. The van der Waals surface area contributed by atoms with Gasteiger partial charge >= 0.3 is 0 Å². The maximum Gasteiger partial charge on any atom is 0.121 e. The zero-order chi connectivity index (χ0) is 53.2. The molecule has 12 rings (SSSR count). The first-order valence-corrected chi connectivity index (χ1v) is 26.3. The van der Waals surface area contributed by atoms with E-state index < -0.39 is 11.6 Å². The summed E-state index contributed by atoms with van der Waals surface area (Å²) in [6.45, 7) is 23.1. The zero-order valence-corrected chi connectivity index (χ0v) is 47.6. The van der Waals surface area contributed by atoms with E-state index in [1.807, 2.05) is 6.07 Å². The number of halogens is 2. The molecule has 0 saturated heterocycles. The van der Waals surface area contributed by atoms with E-state index in [9.17, 15) is 8.78 Å². The molecule has 0 aliphatic heterocycles. The Morgan fingerprint density at radius 2 is 1.17 bits per heavy atom. The first-order chi connectivity index (χ1) is 36.4. The molecule has 0 unspecified atom stereocenters. The Morgan fingerprint density at radius 1 is 0.545 bits per heavy atom. The van der Waals surface area contributed by atoms with Crippen LogP contribution in [0.5, 0.6) is 0 Å². The van der Waals surface area contributed by atoms with E-state index >= 15 is 0 Å². The summed E-state index contributed by atoms with van der Waals surface area (Å²) in [5.41, 5.74) is 16.7. The molecule has 0 N–H and O–H groups in total. The van der Waals surface area contributed by atoms with Crippen molar-refractivity contribution >= 4 is 54.5 Å². The Balaban J connectivity index is 0.000000389. The number of nitrogens with zero attached hydrogens (tertiary/aromatic N) is 3. The third kappa shape index (κ3) is 10.2. The SMILES string of the molecule is CC(C)c1cc(-c2ccc(-c3cc(C(C)(C)C)cc(C(C)(C)C)c3)cc2)cc(C(C)C)c1-n1c(-c2[c-]ccc3c2oc2cc4c(ccc5ccccc54)cc23)nc2ccccc21.Fc1c[c-]c(-c2ccccn2)c(F)c1.[Ir]. The number of para-hydroxylation sites is 2. The van der Waals surface area contributed by atoms with Crippen LogP contribution in [-0.2, 0) is 30.9 Å². The summed E-state index contributed by atoms with van der Waals surface area (Å²) in [4.78, 5) is 9.36. The monoisotopic (exact) mass is 1190 g/mol. The van der Waals surface area contributed by atoms with Crippen LogP contribution in [0.15, 0.2) is 180 Å². The van der Waals surface area contributed by atoms with Crippen LogP contribution < -0.4 is 0 Å². The predicted octanol–water partition coefficient (Wildman–Crippen LogP) is 19.7. The molecule has 0 amide bonds. The van der Waals surface area contributed by atoms with Crippen molar-refractivity contribution < 1.29 is 33.3 Å². The molecule has 0 fully saturated rings. The minimum Gasteiger partial charge on any atom is -0.501 e. The molecule has 0 spiro atoms. The molecule has 12 aromatic rings. The predicted molar refractivity (Wildman–Crippen MR) is 313 cm³/mol. The van der Waals surface area contributed by atoms with Gasteiger partial charge in [0.05, 0.1) is 22.4 Å². The van der Waals surface area contributed by atoms with E-state index in [0.29, 0.717) is 5.69 Å². The fourth-order valence-electron chi connectivity index (χ4n) is 10.5. The number of imidazole rings is 1. The summed E-state index contributed by atoms with van der Waals surface area (Å²) in [7, 11) is 0. The number of pyridine rings is 1. The van der Waals surface area contributed by atoms with Gasteiger partial charge in [0.15, 0.2) is 0 Å². The largest absolute Gasteiger partial charge is 0.501 e. The second-order valence-electron chi connectivity index (χ2n) is 22.8. The average Bonchev–Trinajstić information content (AvgIpc) is 4.00. The van der Waals surface area contributed by atoms with E-state index in [1.54, 1.807) is 24.4 Å².